The molecule has 0 spiro atoms. The Kier molecular flexibility index (Phi) is 7.26. The molecule has 0 radical (unpaired) electrons. The van der Waals surface area contributed by atoms with E-state index in [0.29, 0.717) is 18.8 Å². The Morgan fingerprint density at radius 2 is 1.79 bits per heavy atom. The second kappa shape index (κ2) is 10.7. The Labute approximate surface area is 200 Å². The molecule has 1 N–H and O–H groups in total. The second-order valence-electron chi connectivity index (χ2n) is 9.60. The van der Waals surface area contributed by atoms with Gasteiger partial charge in [-0.3, -0.25) is 9.69 Å². The minimum absolute atomic E-state index is 0.205. The van der Waals surface area contributed by atoms with Crippen molar-refractivity contribution >= 4 is 16.8 Å². The summed E-state index contributed by atoms with van der Waals surface area (Å²) in [5.41, 5.74) is 3.97. The van der Waals surface area contributed by atoms with Gasteiger partial charge in [0.15, 0.2) is 0 Å². The first-order valence-electron chi connectivity index (χ1n) is 12.6. The molecule has 0 bridgehead atoms. The van der Waals surface area contributed by atoms with E-state index in [9.17, 15) is 9.18 Å². The van der Waals surface area contributed by atoms with Gasteiger partial charge in [0.05, 0.1) is 13.2 Å². The van der Waals surface area contributed by atoms with Crippen LogP contribution in [-0.4, -0.2) is 66.6 Å². The zero-order valence-electron chi connectivity index (χ0n) is 19.8. The lowest BCUT2D eigenvalue weighted by atomic mass is 9.93. The number of likely N-dealkylation sites (tertiary alicyclic amines) is 1. The molecule has 3 heterocycles. The van der Waals surface area contributed by atoms with E-state index in [0.717, 1.165) is 86.5 Å². The number of aromatic amines is 1. The van der Waals surface area contributed by atoms with Crippen molar-refractivity contribution in [3.8, 4) is 11.3 Å². The summed E-state index contributed by atoms with van der Waals surface area (Å²) < 4.78 is 19.5. The number of rotatable bonds is 7. The number of fused-ring (bicyclic) bond motifs is 1. The number of hydrogen-bond acceptors (Lipinski definition) is 3. The van der Waals surface area contributed by atoms with Crippen LogP contribution in [0, 0.1) is 11.7 Å². The molecule has 5 nitrogen and oxygen atoms in total. The second-order valence-corrected chi connectivity index (χ2v) is 9.60. The molecule has 3 aromatic rings. The number of ether oxygens (including phenoxy) is 1. The van der Waals surface area contributed by atoms with Gasteiger partial charge in [0.1, 0.15) is 5.82 Å². The first-order chi connectivity index (χ1) is 16.7. The topological polar surface area (TPSA) is 48.6 Å². The van der Waals surface area contributed by atoms with Gasteiger partial charge in [-0.1, -0.05) is 30.3 Å². The fourth-order valence-electron chi connectivity index (χ4n) is 5.38. The third kappa shape index (κ3) is 5.34. The number of amides is 1. The first kappa shape index (κ1) is 23.1. The van der Waals surface area contributed by atoms with Crippen LogP contribution in [0.3, 0.4) is 0 Å². The van der Waals surface area contributed by atoms with Crippen molar-refractivity contribution in [3.05, 3.63) is 59.9 Å². The molecule has 34 heavy (non-hydrogen) atoms. The van der Waals surface area contributed by atoms with Gasteiger partial charge in [-0.25, -0.2) is 4.39 Å². The SMILES string of the molecule is O=C(CCc1c(-c2ccccc2)[nH]c2ccc(F)cc12)N1CCC(CCN2CCOCC2)CC1. The molecule has 2 saturated heterocycles. The van der Waals surface area contributed by atoms with Crippen LogP contribution in [0.15, 0.2) is 48.5 Å². The van der Waals surface area contributed by atoms with Crippen LogP contribution in [0.1, 0.15) is 31.2 Å². The van der Waals surface area contributed by atoms with Crippen LogP contribution in [0.4, 0.5) is 4.39 Å². The number of morpholine rings is 1. The quantitative estimate of drug-likeness (QED) is 0.544. The highest BCUT2D eigenvalue weighted by molar-refractivity contribution is 5.91. The summed E-state index contributed by atoms with van der Waals surface area (Å²) in [6.07, 6.45) is 4.43. The average molecular weight is 464 g/mol. The van der Waals surface area contributed by atoms with E-state index in [1.165, 1.54) is 12.5 Å². The number of aryl methyl sites for hydroxylation is 1. The van der Waals surface area contributed by atoms with Crippen molar-refractivity contribution < 1.29 is 13.9 Å². The molecule has 2 aromatic carbocycles. The predicted molar refractivity (Wildman–Crippen MR) is 133 cm³/mol. The average Bonchev–Trinajstić information content (AvgIpc) is 3.25. The lowest BCUT2D eigenvalue weighted by Gasteiger charge is -2.34. The Bertz CT molecular complexity index is 1100. The van der Waals surface area contributed by atoms with Crippen LogP contribution >= 0.6 is 0 Å². The van der Waals surface area contributed by atoms with Crippen molar-refractivity contribution in [2.75, 3.05) is 45.9 Å². The predicted octanol–water partition coefficient (Wildman–Crippen LogP) is 4.87. The van der Waals surface area contributed by atoms with Crippen LogP contribution in [0.2, 0.25) is 0 Å². The molecule has 6 heteroatoms. The highest BCUT2D eigenvalue weighted by Crippen LogP contribution is 2.32. The van der Waals surface area contributed by atoms with E-state index in [2.05, 4.69) is 9.88 Å². The van der Waals surface area contributed by atoms with E-state index in [1.54, 1.807) is 12.1 Å². The Morgan fingerprint density at radius 1 is 1.03 bits per heavy atom. The highest BCUT2D eigenvalue weighted by atomic mass is 19.1. The lowest BCUT2D eigenvalue weighted by Crippen LogP contribution is -2.40. The number of benzene rings is 2. The Hall–Kier alpha value is -2.70. The van der Waals surface area contributed by atoms with E-state index in [-0.39, 0.29) is 11.7 Å². The normalized spacial score (nSPS) is 18.0. The summed E-state index contributed by atoms with van der Waals surface area (Å²) in [5.74, 6) is 0.655. The van der Waals surface area contributed by atoms with Gasteiger partial charge in [-0.2, -0.15) is 0 Å². The molecule has 1 aromatic heterocycles. The molecular formula is C28H34FN3O2. The molecule has 5 rings (SSSR count). The highest BCUT2D eigenvalue weighted by Gasteiger charge is 2.24. The summed E-state index contributed by atoms with van der Waals surface area (Å²) >= 11 is 0. The maximum absolute atomic E-state index is 14.0. The zero-order chi connectivity index (χ0) is 23.3. The van der Waals surface area contributed by atoms with Gasteiger partial charge in [0.2, 0.25) is 5.91 Å². The van der Waals surface area contributed by atoms with Gasteiger partial charge in [0.25, 0.3) is 0 Å². The van der Waals surface area contributed by atoms with E-state index >= 15 is 0 Å². The van der Waals surface area contributed by atoms with Gasteiger partial charge >= 0.3 is 0 Å². The van der Waals surface area contributed by atoms with Crippen LogP contribution < -0.4 is 0 Å². The minimum Gasteiger partial charge on any atom is -0.379 e. The smallest absolute Gasteiger partial charge is 0.222 e. The monoisotopic (exact) mass is 463 g/mol. The van der Waals surface area contributed by atoms with E-state index in [4.69, 9.17) is 4.74 Å². The molecule has 0 saturated carbocycles. The molecule has 0 atom stereocenters. The third-order valence-corrected chi connectivity index (χ3v) is 7.44. The van der Waals surface area contributed by atoms with Gasteiger partial charge < -0.3 is 14.6 Å². The number of aromatic nitrogens is 1. The minimum atomic E-state index is -0.252. The van der Waals surface area contributed by atoms with Crippen molar-refractivity contribution in [2.45, 2.75) is 32.1 Å². The summed E-state index contributed by atoms with van der Waals surface area (Å²) in [7, 11) is 0. The van der Waals surface area contributed by atoms with Crippen molar-refractivity contribution in [1.82, 2.24) is 14.8 Å². The van der Waals surface area contributed by atoms with Crippen LogP contribution in [-0.2, 0) is 16.0 Å². The fourth-order valence-corrected chi connectivity index (χ4v) is 5.38. The third-order valence-electron chi connectivity index (χ3n) is 7.44. The molecule has 0 unspecified atom stereocenters. The Balaban J connectivity index is 1.19. The summed E-state index contributed by atoms with van der Waals surface area (Å²) in [4.78, 5) is 21.1. The molecule has 2 aliphatic rings. The number of nitrogens with zero attached hydrogens (tertiary/aromatic N) is 2. The van der Waals surface area contributed by atoms with Crippen molar-refractivity contribution in [2.24, 2.45) is 5.92 Å². The van der Waals surface area contributed by atoms with Gasteiger partial charge in [-0.15, -0.1) is 0 Å². The molecule has 180 valence electrons. The van der Waals surface area contributed by atoms with Crippen LogP contribution in [0.25, 0.3) is 22.2 Å². The molecule has 2 aliphatic heterocycles. The van der Waals surface area contributed by atoms with Crippen LogP contribution in [0.5, 0.6) is 0 Å². The van der Waals surface area contributed by atoms with Gasteiger partial charge in [0, 0.05) is 49.2 Å². The number of halogens is 1. The maximum Gasteiger partial charge on any atom is 0.222 e. The number of H-pyrrole nitrogens is 1. The lowest BCUT2D eigenvalue weighted by molar-refractivity contribution is -0.132. The summed E-state index contributed by atoms with van der Waals surface area (Å²) in [5, 5.41) is 0.869. The molecule has 2 fully saturated rings. The largest absolute Gasteiger partial charge is 0.379 e. The van der Waals surface area contributed by atoms with Gasteiger partial charge in [-0.05, 0) is 67.5 Å². The fraction of sp³-hybridized carbons (Fsp3) is 0.464. The summed E-state index contributed by atoms with van der Waals surface area (Å²) in [6.45, 7) is 6.62. The van der Waals surface area contributed by atoms with Crippen molar-refractivity contribution in [1.29, 1.82) is 0 Å². The molecule has 0 aliphatic carbocycles. The van der Waals surface area contributed by atoms with E-state index < -0.39 is 0 Å². The van der Waals surface area contributed by atoms with Crippen molar-refractivity contribution in [3.63, 3.8) is 0 Å². The molecule has 1 amide bonds. The van der Waals surface area contributed by atoms with E-state index in [1.807, 2.05) is 35.2 Å². The number of nitrogens with one attached hydrogen (secondary N) is 1. The standard InChI is InChI=1S/C28H34FN3O2/c29-23-6-8-26-25(20-23)24(28(30-26)22-4-2-1-3-5-22)7-9-27(33)32-14-11-21(12-15-32)10-13-31-16-18-34-19-17-31/h1-6,8,20-21,30H,7,9-19H2. The first-order valence-corrected chi connectivity index (χ1v) is 12.6. The number of carbonyl (C=O) groups excluding carboxylic acids is 1. The number of carbonyl (C=O) groups is 1. The summed E-state index contributed by atoms with van der Waals surface area (Å²) in [6, 6.07) is 14.9. The molecular weight excluding hydrogens is 429 g/mol. The number of hydrogen-bond donors (Lipinski definition) is 1. The Morgan fingerprint density at radius 3 is 2.56 bits per heavy atom. The maximum atomic E-state index is 14.0. The number of piperidine rings is 1. The zero-order valence-corrected chi connectivity index (χ0v) is 19.8.